The van der Waals surface area contributed by atoms with E-state index in [-0.39, 0.29) is 23.5 Å². The summed E-state index contributed by atoms with van der Waals surface area (Å²) < 4.78 is 11.2. The van der Waals surface area contributed by atoms with Crippen molar-refractivity contribution in [3.8, 4) is 0 Å². The van der Waals surface area contributed by atoms with Gasteiger partial charge >= 0.3 is 0 Å². The molecular formula is C26H35ClN2O2. The number of aryl methyl sites for hydroxylation is 2. The molecule has 2 saturated heterocycles. The summed E-state index contributed by atoms with van der Waals surface area (Å²) in [6.07, 6.45) is 7.06. The van der Waals surface area contributed by atoms with Crippen LogP contribution < -0.4 is 10.6 Å². The molecule has 2 aliphatic carbocycles. The van der Waals surface area contributed by atoms with Crippen molar-refractivity contribution in [2.45, 2.75) is 49.6 Å². The van der Waals surface area contributed by atoms with Crippen molar-refractivity contribution >= 4 is 12.4 Å². The second kappa shape index (κ2) is 10.0. The molecule has 0 aromatic heterocycles. The van der Waals surface area contributed by atoms with Crippen molar-refractivity contribution in [3.05, 3.63) is 70.8 Å². The Labute approximate surface area is 192 Å². The van der Waals surface area contributed by atoms with Crippen molar-refractivity contribution in [1.82, 2.24) is 10.6 Å². The monoisotopic (exact) mass is 442 g/mol. The van der Waals surface area contributed by atoms with Crippen LogP contribution in [0.1, 0.15) is 35.1 Å². The molecule has 2 aromatic carbocycles. The van der Waals surface area contributed by atoms with Gasteiger partial charge in [0.2, 0.25) is 0 Å². The first-order valence-electron chi connectivity index (χ1n) is 11.6. The third-order valence-corrected chi connectivity index (χ3v) is 7.29. The fraction of sp³-hybridized carbons (Fsp3) is 0.538. The lowest BCUT2D eigenvalue weighted by atomic mass is 9.78. The number of rotatable bonds is 0. The standard InChI is InChI=1S/2C13H17NO.ClH/c2*1-2-4-12-9-13(6-5-11(12)3-1)10-15-8-7-14-13;/h2*1-4,14H,5-10H2;1H. The number of halogens is 1. The molecule has 5 heteroatoms. The van der Waals surface area contributed by atoms with Gasteiger partial charge in [-0.15, -0.1) is 12.4 Å². The molecule has 2 aromatic rings. The van der Waals surface area contributed by atoms with Crippen LogP contribution in [0.4, 0.5) is 0 Å². The third-order valence-electron chi connectivity index (χ3n) is 7.29. The second-order valence-corrected chi connectivity index (χ2v) is 9.41. The fourth-order valence-corrected chi connectivity index (χ4v) is 5.56. The summed E-state index contributed by atoms with van der Waals surface area (Å²) in [4.78, 5) is 0. The van der Waals surface area contributed by atoms with E-state index in [9.17, 15) is 0 Å². The highest BCUT2D eigenvalue weighted by Crippen LogP contribution is 2.31. The minimum absolute atomic E-state index is 0. The minimum Gasteiger partial charge on any atom is -0.378 e. The summed E-state index contributed by atoms with van der Waals surface area (Å²) in [5.74, 6) is 0. The molecule has 0 saturated carbocycles. The van der Waals surface area contributed by atoms with Crippen LogP contribution in [-0.2, 0) is 35.2 Å². The average Bonchev–Trinajstić information content (AvgIpc) is 2.80. The van der Waals surface area contributed by atoms with E-state index in [1.165, 1.54) is 47.9 Å². The van der Waals surface area contributed by atoms with Crippen LogP contribution in [0.3, 0.4) is 0 Å². The van der Waals surface area contributed by atoms with E-state index in [2.05, 4.69) is 59.2 Å². The third kappa shape index (κ3) is 5.15. The van der Waals surface area contributed by atoms with Crippen LogP contribution >= 0.6 is 12.4 Å². The number of ether oxygens (including phenoxy) is 2. The van der Waals surface area contributed by atoms with Crippen molar-refractivity contribution in [2.75, 3.05) is 39.5 Å². The van der Waals surface area contributed by atoms with Crippen molar-refractivity contribution in [1.29, 1.82) is 0 Å². The van der Waals surface area contributed by atoms with Gasteiger partial charge < -0.3 is 20.1 Å². The van der Waals surface area contributed by atoms with Crippen LogP contribution in [0, 0.1) is 0 Å². The van der Waals surface area contributed by atoms with Gasteiger partial charge in [0.15, 0.2) is 0 Å². The predicted molar refractivity (Wildman–Crippen MR) is 127 cm³/mol. The quantitative estimate of drug-likeness (QED) is 0.655. The molecule has 4 aliphatic rings. The van der Waals surface area contributed by atoms with Crippen LogP contribution in [-0.4, -0.2) is 50.6 Å². The second-order valence-electron chi connectivity index (χ2n) is 9.41. The van der Waals surface area contributed by atoms with E-state index in [4.69, 9.17) is 9.47 Å². The predicted octanol–water partition coefficient (Wildman–Crippen LogP) is 3.49. The molecule has 2 heterocycles. The summed E-state index contributed by atoms with van der Waals surface area (Å²) in [5, 5.41) is 7.30. The SMILES string of the molecule is Cl.c1ccc2c(c1)CCC1(COCCN1)C2.c1ccc2c(c1)CCC1(COCCN1)C2. The topological polar surface area (TPSA) is 42.5 Å². The van der Waals surface area contributed by atoms with Crippen molar-refractivity contribution in [2.24, 2.45) is 0 Å². The van der Waals surface area contributed by atoms with Crippen molar-refractivity contribution < 1.29 is 9.47 Å². The summed E-state index contributed by atoms with van der Waals surface area (Å²) in [7, 11) is 0. The minimum atomic E-state index is 0. The number of morpholine rings is 2. The molecule has 2 fully saturated rings. The maximum atomic E-state index is 5.62. The first-order chi connectivity index (χ1) is 14.8. The molecule has 0 amide bonds. The fourth-order valence-electron chi connectivity index (χ4n) is 5.56. The zero-order valence-electron chi connectivity index (χ0n) is 18.3. The molecule has 168 valence electrons. The maximum absolute atomic E-state index is 5.62. The Kier molecular flexibility index (Phi) is 7.35. The van der Waals surface area contributed by atoms with Crippen LogP contribution in [0.15, 0.2) is 48.5 Å². The van der Waals surface area contributed by atoms with E-state index in [0.717, 1.165) is 52.4 Å². The molecular weight excluding hydrogens is 408 g/mol. The summed E-state index contributed by atoms with van der Waals surface area (Å²) >= 11 is 0. The molecule has 2 spiro atoms. The maximum Gasteiger partial charge on any atom is 0.0652 e. The zero-order valence-corrected chi connectivity index (χ0v) is 19.1. The molecule has 2 atom stereocenters. The number of benzene rings is 2. The molecule has 31 heavy (non-hydrogen) atoms. The highest BCUT2D eigenvalue weighted by molar-refractivity contribution is 5.85. The van der Waals surface area contributed by atoms with Gasteiger partial charge in [-0.1, -0.05) is 48.5 Å². The summed E-state index contributed by atoms with van der Waals surface area (Å²) in [5.41, 5.74) is 6.51. The van der Waals surface area contributed by atoms with Gasteiger partial charge in [0.25, 0.3) is 0 Å². The van der Waals surface area contributed by atoms with Crippen LogP contribution in [0.25, 0.3) is 0 Å². The van der Waals surface area contributed by atoms with E-state index in [1.807, 2.05) is 0 Å². The Morgan fingerprint density at radius 2 is 1.03 bits per heavy atom. The highest BCUT2D eigenvalue weighted by atomic mass is 35.5. The summed E-state index contributed by atoms with van der Waals surface area (Å²) in [6.45, 7) is 5.49. The largest absolute Gasteiger partial charge is 0.378 e. The van der Waals surface area contributed by atoms with Crippen molar-refractivity contribution in [3.63, 3.8) is 0 Å². The van der Waals surface area contributed by atoms with Gasteiger partial charge in [0.1, 0.15) is 0 Å². The molecule has 0 bridgehead atoms. The molecule has 2 N–H and O–H groups in total. The number of nitrogens with one attached hydrogen (secondary N) is 2. The smallest absolute Gasteiger partial charge is 0.0652 e. The average molecular weight is 443 g/mol. The molecule has 2 unspecified atom stereocenters. The van der Waals surface area contributed by atoms with E-state index in [0.29, 0.717) is 0 Å². The molecule has 6 rings (SSSR count). The van der Waals surface area contributed by atoms with E-state index >= 15 is 0 Å². The van der Waals surface area contributed by atoms with Gasteiger partial charge in [-0.25, -0.2) is 0 Å². The first-order valence-corrected chi connectivity index (χ1v) is 11.6. The lowest BCUT2D eigenvalue weighted by Gasteiger charge is -2.41. The number of hydrogen-bond acceptors (Lipinski definition) is 4. The Morgan fingerprint density at radius 3 is 1.42 bits per heavy atom. The number of hydrogen-bond donors (Lipinski definition) is 2. The Bertz CT molecular complexity index is 788. The van der Waals surface area contributed by atoms with Gasteiger partial charge in [-0.3, -0.25) is 0 Å². The first kappa shape index (κ1) is 22.8. The Balaban J connectivity index is 0.000000144. The highest BCUT2D eigenvalue weighted by Gasteiger charge is 2.36. The lowest BCUT2D eigenvalue weighted by Crippen LogP contribution is -2.57. The Hall–Kier alpha value is -1.43. The lowest BCUT2D eigenvalue weighted by molar-refractivity contribution is 0.0206. The Morgan fingerprint density at radius 1 is 0.613 bits per heavy atom. The zero-order chi connectivity index (χ0) is 20.3. The summed E-state index contributed by atoms with van der Waals surface area (Å²) in [6, 6.07) is 17.6. The van der Waals surface area contributed by atoms with E-state index < -0.39 is 0 Å². The normalized spacial score (nSPS) is 29.2. The van der Waals surface area contributed by atoms with Gasteiger partial charge in [-0.2, -0.15) is 0 Å². The molecule has 4 nitrogen and oxygen atoms in total. The molecule has 0 radical (unpaired) electrons. The van der Waals surface area contributed by atoms with E-state index in [1.54, 1.807) is 0 Å². The van der Waals surface area contributed by atoms with Gasteiger partial charge in [0, 0.05) is 24.2 Å². The number of fused-ring (bicyclic) bond motifs is 2. The molecule has 2 aliphatic heterocycles. The van der Waals surface area contributed by atoms with Crippen LogP contribution in [0.5, 0.6) is 0 Å². The van der Waals surface area contributed by atoms with Crippen LogP contribution in [0.2, 0.25) is 0 Å². The van der Waals surface area contributed by atoms with Gasteiger partial charge in [0.05, 0.1) is 26.4 Å². The van der Waals surface area contributed by atoms with Gasteiger partial charge in [-0.05, 0) is 60.8 Å².